The van der Waals surface area contributed by atoms with Crippen LogP contribution in [0.1, 0.15) is 29.3 Å². The van der Waals surface area contributed by atoms with Gasteiger partial charge in [-0.05, 0) is 30.4 Å². The first kappa shape index (κ1) is 14.0. The summed E-state index contributed by atoms with van der Waals surface area (Å²) in [6, 6.07) is 7.78. The van der Waals surface area contributed by atoms with Crippen LogP contribution in [-0.4, -0.2) is 36.8 Å². The first-order valence-corrected chi connectivity index (χ1v) is 6.94. The summed E-state index contributed by atoms with van der Waals surface area (Å²) in [5.41, 5.74) is 1.37. The summed E-state index contributed by atoms with van der Waals surface area (Å²) in [6.07, 6.45) is 1.82. The van der Waals surface area contributed by atoms with Gasteiger partial charge >= 0.3 is 5.97 Å². The molecule has 1 heterocycles. The van der Waals surface area contributed by atoms with Crippen LogP contribution in [0.5, 0.6) is 0 Å². The Labute approximate surface area is 114 Å². The summed E-state index contributed by atoms with van der Waals surface area (Å²) in [6.45, 7) is 5.28. The van der Waals surface area contributed by atoms with Crippen molar-refractivity contribution < 1.29 is 9.90 Å². The second kappa shape index (κ2) is 6.68. The quantitative estimate of drug-likeness (QED) is 0.753. The molecule has 2 atom stereocenters. The van der Waals surface area contributed by atoms with Crippen LogP contribution in [0.3, 0.4) is 0 Å². The SMILES string of the molecule is CC(CCc1ccccc1C(=O)O)C1CNCCN1. The predicted molar refractivity (Wildman–Crippen MR) is 75.5 cm³/mol. The molecule has 1 saturated heterocycles. The van der Waals surface area contributed by atoms with E-state index in [1.807, 2.05) is 12.1 Å². The molecule has 0 amide bonds. The Kier molecular flexibility index (Phi) is 4.93. The fraction of sp³-hybridized carbons (Fsp3) is 0.533. The van der Waals surface area contributed by atoms with Gasteiger partial charge in [0.25, 0.3) is 0 Å². The normalized spacial score (nSPS) is 21.0. The highest BCUT2D eigenvalue weighted by Crippen LogP contribution is 2.17. The number of nitrogens with one attached hydrogen (secondary N) is 2. The summed E-state index contributed by atoms with van der Waals surface area (Å²) in [7, 11) is 0. The van der Waals surface area contributed by atoms with Crippen LogP contribution < -0.4 is 10.6 Å². The average Bonchev–Trinajstić information content (AvgIpc) is 2.46. The smallest absolute Gasteiger partial charge is 0.335 e. The third-order valence-electron chi connectivity index (χ3n) is 3.88. The van der Waals surface area contributed by atoms with Crippen molar-refractivity contribution in [3.63, 3.8) is 0 Å². The van der Waals surface area contributed by atoms with Gasteiger partial charge in [-0.1, -0.05) is 25.1 Å². The van der Waals surface area contributed by atoms with Gasteiger partial charge in [0, 0.05) is 25.7 Å². The maximum atomic E-state index is 11.1. The lowest BCUT2D eigenvalue weighted by Gasteiger charge is -2.29. The van der Waals surface area contributed by atoms with E-state index in [1.165, 1.54) is 0 Å². The lowest BCUT2D eigenvalue weighted by atomic mass is 9.92. The summed E-state index contributed by atoms with van der Waals surface area (Å²) >= 11 is 0. The molecule has 0 spiro atoms. The van der Waals surface area contributed by atoms with Gasteiger partial charge in [-0.3, -0.25) is 0 Å². The Morgan fingerprint density at radius 2 is 2.21 bits per heavy atom. The van der Waals surface area contributed by atoms with Gasteiger partial charge in [-0.2, -0.15) is 0 Å². The first-order valence-electron chi connectivity index (χ1n) is 6.94. The van der Waals surface area contributed by atoms with E-state index in [1.54, 1.807) is 12.1 Å². The molecule has 0 bridgehead atoms. The topological polar surface area (TPSA) is 61.4 Å². The molecule has 0 radical (unpaired) electrons. The van der Waals surface area contributed by atoms with E-state index >= 15 is 0 Å². The average molecular weight is 262 g/mol. The minimum Gasteiger partial charge on any atom is -0.478 e. The fourth-order valence-corrected chi connectivity index (χ4v) is 2.61. The number of carboxylic acid groups (broad SMARTS) is 1. The third kappa shape index (κ3) is 3.78. The van der Waals surface area contributed by atoms with E-state index in [0.29, 0.717) is 17.5 Å². The van der Waals surface area contributed by atoms with E-state index in [4.69, 9.17) is 5.11 Å². The molecule has 4 heteroatoms. The Hall–Kier alpha value is -1.39. The van der Waals surface area contributed by atoms with Crippen molar-refractivity contribution in [1.29, 1.82) is 0 Å². The van der Waals surface area contributed by atoms with Gasteiger partial charge in [-0.15, -0.1) is 0 Å². The van der Waals surface area contributed by atoms with Crippen LogP contribution in [0.25, 0.3) is 0 Å². The molecule has 0 aliphatic carbocycles. The van der Waals surface area contributed by atoms with E-state index in [9.17, 15) is 4.79 Å². The lowest BCUT2D eigenvalue weighted by Crippen LogP contribution is -2.51. The van der Waals surface area contributed by atoms with E-state index in [2.05, 4.69) is 17.6 Å². The molecule has 1 aromatic carbocycles. The molecule has 0 aromatic heterocycles. The zero-order chi connectivity index (χ0) is 13.7. The van der Waals surface area contributed by atoms with Crippen molar-refractivity contribution in [3.8, 4) is 0 Å². The van der Waals surface area contributed by atoms with Crippen molar-refractivity contribution in [2.75, 3.05) is 19.6 Å². The molecule has 19 heavy (non-hydrogen) atoms. The molecule has 1 fully saturated rings. The van der Waals surface area contributed by atoms with Crippen LogP contribution >= 0.6 is 0 Å². The molecular weight excluding hydrogens is 240 g/mol. The van der Waals surface area contributed by atoms with Gasteiger partial charge in [0.1, 0.15) is 0 Å². The number of aryl methyl sites for hydroxylation is 1. The van der Waals surface area contributed by atoms with Crippen molar-refractivity contribution in [2.24, 2.45) is 5.92 Å². The number of carboxylic acids is 1. The van der Waals surface area contributed by atoms with Gasteiger partial charge in [0.15, 0.2) is 0 Å². The number of benzene rings is 1. The van der Waals surface area contributed by atoms with Gasteiger partial charge < -0.3 is 15.7 Å². The molecule has 2 rings (SSSR count). The minimum atomic E-state index is -0.833. The Morgan fingerprint density at radius 3 is 2.89 bits per heavy atom. The van der Waals surface area contributed by atoms with Crippen molar-refractivity contribution in [1.82, 2.24) is 10.6 Å². The summed E-state index contributed by atoms with van der Waals surface area (Å²) in [4.78, 5) is 11.1. The third-order valence-corrected chi connectivity index (χ3v) is 3.88. The van der Waals surface area contributed by atoms with Crippen LogP contribution in [0.15, 0.2) is 24.3 Å². The largest absolute Gasteiger partial charge is 0.478 e. The number of rotatable bonds is 5. The molecule has 1 aromatic rings. The highest BCUT2D eigenvalue weighted by atomic mass is 16.4. The number of hydrogen-bond acceptors (Lipinski definition) is 3. The van der Waals surface area contributed by atoms with Crippen LogP contribution in [0, 0.1) is 5.92 Å². The van der Waals surface area contributed by atoms with Crippen molar-refractivity contribution in [2.45, 2.75) is 25.8 Å². The van der Waals surface area contributed by atoms with Crippen molar-refractivity contribution in [3.05, 3.63) is 35.4 Å². The second-order valence-corrected chi connectivity index (χ2v) is 5.24. The highest BCUT2D eigenvalue weighted by Gasteiger charge is 2.19. The fourth-order valence-electron chi connectivity index (χ4n) is 2.61. The molecule has 0 saturated carbocycles. The minimum absolute atomic E-state index is 0.435. The Balaban J connectivity index is 1.92. The monoisotopic (exact) mass is 262 g/mol. The van der Waals surface area contributed by atoms with Crippen LogP contribution in [-0.2, 0) is 6.42 Å². The first-order chi connectivity index (χ1) is 9.18. The second-order valence-electron chi connectivity index (χ2n) is 5.24. The number of aromatic carboxylic acids is 1. The van der Waals surface area contributed by atoms with Gasteiger partial charge in [0.2, 0.25) is 0 Å². The lowest BCUT2D eigenvalue weighted by molar-refractivity contribution is 0.0695. The van der Waals surface area contributed by atoms with Gasteiger partial charge in [0.05, 0.1) is 5.56 Å². The maximum Gasteiger partial charge on any atom is 0.335 e. The summed E-state index contributed by atoms with van der Waals surface area (Å²) in [5.74, 6) is -0.296. The Bertz CT molecular complexity index is 428. The van der Waals surface area contributed by atoms with E-state index in [0.717, 1.165) is 38.0 Å². The molecule has 2 unspecified atom stereocenters. The molecule has 1 aliphatic heterocycles. The van der Waals surface area contributed by atoms with E-state index in [-0.39, 0.29) is 0 Å². The summed E-state index contributed by atoms with van der Waals surface area (Å²) in [5, 5.41) is 16.1. The highest BCUT2D eigenvalue weighted by molar-refractivity contribution is 5.89. The van der Waals surface area contributed by atoms with Crippen LogP contribution in [0.2, 0.25) is 0 Å². The predicted octanol–water partition coefficient (Wildman–Crippen LogP) is 1.51. The molecular formula is C15H22N2O2. The molecule has 1 aliphatic rings. The number of carbonyl (C=O) groups is 1. The zero-order valence-corrected chi connectivity index (χ0v) is 11.4. The molecule has 3 N–H and O–H groups in total. The van der Waals surface area contributed by atoms with Crippen molar-refractivity contribution >= 4 is 5.97 Å². The van der Waals surface area contributed by atoms with Crippen LogP contribution in [0.4, 0.5) is 0 Å². The Morgan fingerprint density at radius 1 is 1.42 bits per heavy atom. The maximum absolute atomic E-state index is 11.1. The number of hydrogen-bond donors (Lipinski definition) is 3. The van der Waals surface area contributed by atoms with E-state index < -0.39 is 5.97 Å². The standard InChI is InChI=1S/C15H22N2O2/c1-11(14-10-16-8-9-17-14)6-7-12-4-2-3-5-13(12)15(18)19/h2-5,11,14,16-17H,6-10H2,1H3,(H,18,19). The number of piperazine rings is 1. The zero-order valence-electron chi connectivity index (χ0n) is 11.4. The summed E-state index contributed by atoms with van der Waals surface area (Å²) < 4.78 is 0. The van der Waals surface area contributed by atoms with Gasteiger partial charge in [-0.25, -0.2) is 4.79 Å². The molecule has 4 nitrogen and oxygen atoms in total. The molecule has 104 valence electrons.